The zero-order chi connectivity index (χ0) is 19.3. The van der Waals surface area contributed by atoms with E-state index in [1.807, 2.05) is 0 Å². The Kier molecular flexibility index (Phi) is 4.22. The largest absolute Gasteiger partial charge is 0.477 e. The quantitative estimate of drug-likeness (QED) is 0.421. The average Bonchev–Trinajstić information content (AvgIpc) is 2.86. The molecular weight excluding hydrogens is 366 g/mol. The van der Waals surface area contributed by atoms with E-state index in [9.17, 15) is 29.6 Å². The highest BCUT2D eigenvalue weighted by Gasteiger charge is 2.54. The summed E-state index contributed by atoms with van der Waals surface area (Å²) in [5.74, 6) is -2.16. The molecule has 1 saturated heterocycles. The van der Waals surface area contributed by atoms with E-state index < -0.39 is 39.8 Å². The van der Waals surface area contributed by atoms with Crippen molar-refractivity contribution in [2.45, 2.75) is 25.3 Å². The molecule has 0 spiro atoms. The molecular formula is C14H15N5O6S. The van der Waals surface area contributed by atoms with Crippen LogP contribution in [0.25, 0.3) is 0 Å². The number of carboxylic acids is 1. The molecule has 11 nitrogen and oxygen atoms in total. The minimum Gasteiger partial charge on any atom is -0.477 e. The van der Waals surface area contributed by atoms with Crippen LogP contribution in [0.5, 0.6) is 0 Å². The molecule has 0 aliphatic carbocycles. The van der Waals surface area contributed by atoms with E-state index in [1.165, 1.54) is 25.7 Å². The number of β-lactam (4-membered cyclic amide) rings is 1. The molecule has 0 saturated carbocycles. The topological polar surface area (TPSA) is 148 Å². The Bertz CT molecular complexity index is 891. The van der Waals surface area contributed by atoms with Gasteiger partial charge in [0.25, 0.3) is 11.8 Å². The van der Waals surface area contributed by atoms with E-state index in [-0.39, 0.29) is 17.1 Å². The van der Waals surface area contributed by atoms with E-state index in [2.05, 4.69) is 10.4 Å². The zero-order valence-electron chi connectivity index (χ0n) is 14.0. The number of hydrogen-bond acceptors (Lipinski definition) is 7. The van der Waals surface area contributed by atoms with Crippen LogP contribution in [-0.4, -0.2) is 59.7 Å². The SMILES string of the molecule is CC1=C(C(=O)O)N2C(=O)[C@H](NC(=O)c3c([N+](=O)[O-])c(C)nn3C)[C@H]2SC1. The van der Waals surface area contributed by atoms with Gasteiger partial charge in [-0.1, -0.05) is 0 Å². The third kappa shape index (κ3) is 2.53. The molecule has 3 heterocycles. The lowest BCUT2D eigenvalue weighted by atomic mass is 10.0. The predicted molar refractivity (Wildman–Crippen MR) is 89.3 cm³/mol. The van der Waals surface area contributed by atoms with Crippen molar-refractivity contribution in [2.75, 3.05) is 5.75 Å². The first-order chi connectivity index (χ1) is 12.1. The third-order valence-corrected chi connectivity index (χ3v) is 5.66. The summed E-state index contributed by atoms with van der Waals surface area (Å²) in [4.78, 5) is 47.9. The summed E-state index contributed by atoms with van der Waals surface area (Å²) < 4.78 is 1.09. The van der Waals surface area contributed by atoms with Crippen molar-refractivity contribution in [1.82, 2.24) is 20.0 Å². The van der Waals surface area contributed by atoms with Gasteiger partial charge in [0.15, 0.2) is 0 Å². The molecule has 2 aliphatic rings. The second kappa shape index (κ2) is 6.12. The lowest BCUT2D eigenvalue weighted by Crippen LogP contribution is -2.70. The zero-order valence-corrected chi connectivity index (χ0v) is 14.9. The van der Waals surface area contributed by atoms with Crippen LogP contribution in [0.2, 0.25) is 0 Å². The lowest BCUT2D eigenvalue weighted by Gasteiger charge is -2.49. The van der Waals surface area contributed by atoms with Crippen molar-refractivity contribution in [3.8, 4) is 0 Å². The van der Waals surface area contributed by atoms with Crippen LogP contribution in [0, 0.1) is 17.0 Å². The van der Waals surface area contributed by atoms with Gasteiger partial charge in [0.1, 0.15) is 22.8 Å². The first-order valence-corrected chi connectivity index (χ1v) is 8.56. The summed E-state index contributed by atoms with van der Waals surface area (Å²) in [5, 5.41) is 26.3. The van der Waals surface area contributed by atoms with E-state index in [1.54, 1.807) is 6.92 Å². The number of hydrogen-bond donors (Lipinski definition) is 2. The van der Waals surface area contributed by atoms with Crippen molar-refractivity contribution in [1.29, 1.82) is 0 Å². The minimum absolute atomic E-state index is 0.0772. The molecule has 3 rings (SSSR count). The third-order valence-electron chi connectivity index (χ3n) is 4.24. The Balaban J connectivity index is 1.85. The molecule has 0 unspecified atom stereocenters. The normalized spacial score (nSPS) is 22.0. The maximum absolute atomic E-state index is 12.5. The van der Waals surface area contributed by atoms with E-state index in [0.29, 0.717) is 11.3 Å². The first kappa shape index (κ1) is 17.9. The van der Waals surface area contributed by atoms with Crippen molar-refractivity contribution in [3.05, 3.63) is 32.8 Å². The van der Waals surface area contributed by atoms with Gasteiger partial charge >= 0.3 is 11.7 Å². The monoisotopic (exact) mass is 381 g/mol. The second-order valence-electron chi connectivity index (χ2n) is 5.96. The predicted octanol–water partition coefficient (Wildman–Crippen LogP) is 0.00882. The molecule has 0 aromatic carbocycles. The first-order valence-electron chi connectivity index (χ1n) is 7.51. The molecule has 1 fully saturated rings. The highest BCUT2D eigenvalue weighted by Crippen LogP contribution is 2.40. The number of carbonyl (C=O) groups is 3. The summed E-state index contributed by atoms with van der Waals surface area (Å²) in [6.45, 7) is 3.04. The van der Waals surface area contributed by atoms with Gasteiger partial charge in [-0.2, -0.15) is 5.10 Å². The van der Waals surface area contributed by atoms with Crippen LogP contribution in [0.4, 0.5) is 5.69 Å². The Morgan fingerprint density at radius 1 is 1.42 bits per heavy atom. The number of carbonyl (C=O) groups excluding carboxylic acids is 2. The molecule has 26 heavy (non-hydrogen) atoms. The number of fused-ring (bicyclic) bond motifs is 1. The summed E-state index contributed by atoms with van der Waals surface area (Å²) in [5.41, 5.74) is -0.110. The number of nitrogens with one attached hydrogen (secondary N) is 1. The van der Waals surface area contributed by atoms with Crippen molar-refractivity contribution in [3.63, 3.8) is 0 Å². The molecule has 1 aromatic heterocycles. The molecule has 2 amide bonds. The summed E-state index contributed by atoms with van der Waals surface area (Å²) >= 11 is 1.32. The van der Waals surface area contributed by atoms with Crippen molar-refractivity contribution < 1.29 is 24.4 Å². The van der Waals surface area contributed by atoms with Gasteiger partial charge in [-0.25, -0.2) is 4.79 Å². The fourth-order valence-electron chi connectivity index (χ4n) is 3.10. The molecule has 12 heteroatoms. The van der Waals surface area contributed by atoms with Crippen LogP contribution in [0.15, 0.2) is 11.3 Å². The molecule has 0 bridgehead atoms. The molecule has 1 aromatic rings. The van der Waals surface area contributed by atoms with Crippen LogP contribution < -0.4 is 5.32 Å². The maximum Gasteiger partial charge on any atom is 0.352 e. The fourth-order valence-corrected chi connectivity index (χ4v) is 4.40. The smallest absolute Gasteiger partial charge is 0.352 e. The van der Waals surface area contributed by atoms with Crippen LogP contribution in [0.1, 0.15) is 23.1 Å². The van der Waals surface area contributed by atoms with E-state index >= 15 is 0 Å². The van der Waals surface area contributed by atoms with Crippen molar-refractivity contribution >= 4 is 35.2 Å². The number of aryl methyl sites for hydroxylation is 2. The Labute approximate surface area is 151 Å². The molecule has 138 valence electrons. The average molecular weight is 381 g/mol. The number of amides is 2. The Hall–Kier alpha value is -2.89. The number of aliphatic carboxylic acids is 1. The van der Waals surface area contributed by atoms with Crippen LogP contribution in [0.3, 0.4) is 0 Å². The van der Waals surface area contributed by atoms with Gasteiger partial charge in [0.05, 0.1) is 4.92 Å². The maximum atomic E-state index is 12.5. The van der Waals surface area contributed by atoms with Crippen LogP contribution >= 0.6 is 11.8 Å². The molecule has 2 N–H and O–H groups in total. The number of rotatable bonds is 4. The molecule has 2 aliphatic heterocycles. The number of nitrogens with zero attached hydrogens (tertiary/aromatic N) is 4. The highest BCUT2D eigenvalue weighted by molar-refractivity contribution is 8.00. The lowest BCUT2D eigenvalue weighted by molar-refractivity contribution is -0.385. The summed E-state index contributed by atoms with van der Waals surface area (Å²) in [6.07, 6.45) is 0. The van der Waals surface area contributed by atoms with Gasteiger partial charge in [0, 0.05) is 12.8 Å². The summed E-state index contributed by atoms with van der Waals surface area (Å²) in [7, 11) is 1.40. The minimum atomic E-state index is -1.20. The number of carboxylic acid groups (broad SMARTS) is 1. The number of thioether (sulfide) groups is 1. The van der Waals surface area contributed by atoms with Gasteiger partial charge in [-0.3, -0.25) is 29.3 Å². The highest BCUT2D eigenvalue weighted by atomic mass is 32.2. The van der Waals surface area contributed by atoms with E-state index in [0.717, 1.165) is 9.58 Å². The second-order valence-corrected chi connectivity index (χ2v) is 7.06. The van der Waals surface area contributed by atoms with Crippen LogP contribution in [-0.2, 0) is 16.6 Å². The standard InChI is InChI=1S/C14H15N5O6S/c1-5-4-26-13-7(12(21)18(13)8(5)14(22)23)15-11(20)10-9(19(24)25)6(2)16-17(10)3/h7,13H,4H2,1-3H3,(H,15,20)(H,22,23)/t7-,13+/m0/s1. The molecule has 2 atom stereocenters. The van der Waals surface area contributed by atoms with Gasteiger partial charge in [-0.05, 0) is 19.4 Å². The number of aromatic nitrogens is 2. The summed E-state index contributed by atoms with van der Waals surface area (Å²) in [6, 6.07) is -0.954. The van der Waals surface area contributed by atoms with E-state index in [4.69, 9.17) is 0 Å². The molecule has 0 radical (unpaired) electrons. The van der Waals surface area contributed by atoms with Crippen molar-refractivity contribution in [2.24, 2.45) is 7.05 Å². The Morgan fingerprint density at radius 2 is 2.08 bits per heavy atom. The fraction of sp³-hybridized carbons (Fsp3) is 0.429. The number of nitro groups is 1. The Morgan fingerprint density at radius 3 is 2.65 bits per heavy atom. The van der Waals surface area contributed by atoms with Gasteiger partial charge < -0.3 is 10.4 Å². The van der Waals surface area contributed by atoms with Gasteiger partial charge in [0.2, 0.25) is 5.69 Å². The van der Waals surface area contributed by atoms with Gasteiger partial charge in [-0.15, -0.1) is 11.8 Å².